The van der Waals surface area contributed by atoms with Gasteiger partial charge < -0.3 is 10.0 Å². The van der Waals surface area contributed by atoms with Crippen molar-refractivity contribution in [2.45, 2.75) is 26.4 Å². The normalized spacial score (nSPS) is 12.9. The van der Waals surface area contributed by atoms with Gasteiger partial charge in [0.05, 0.1) is 6.10 Å². The Bertz CT molecular complexity index is 304. The molecule has 0 aliphatic rings. The molecule has 1 atom stereocenters. The summed E-state index contributed by atoms with van der Waals surface area (Å²) in [5.74, 6) is 0. The maximum absolute atomic E-state index is 9.91. The van der Waals surface area contributed by atoms with Crippen LogP contribution >= 0.6 is 0 Å². The maximum atomic E-state index is 9.91. The van der Waals surface area contributed by atoms with Crippen LogP contribution in [0.15, 0.2) is 42.6 Å². The summed E-state index contributed by atoms with van der Waals surface area (Å²) in [5, 5.41) is 9.91. The standard InChI is InChI=1S/C14H21NO/c1-3-15(4-2)12-8-11-14(16)13-9-6-5-7-10-13/h5-10,12,14,16H,3-4,11H2,1-2H3. The predicted molar refractivity (Wildman–Crippen MR) is 68.1 cm³/mol. The third-order valence-corrected chi connectivity index (χ3v) is 2.67. The summed E-state index contributed by atoms with van der Waals surface area (Å²) in [6.45, 7) is 6.27. The third-order valence-electron chi connectivity index (χ3n) is 2.67. The SMILES string of the molecule is CCN(C=CCC(O)c1ccccc1)CC. The number of aliphatic hydroxyl groups is 1. The summed E-state index contributed by atoms with van der Waals surface area (Å²) >= 11 is 0. The van der Waals surface area contributed by atoms with E-state index >= 15 is 0 Å². The molecule has 0 heterocycles. The lowest BCUT2D eigenvalue weighted by Crippen LogP contribution is -2.15. The second kappa shape index (κ2) is 7.07. The molecule has 1 unspecified atom stereocenters. The molecule has 0 aliphatic heterocycles. The number of hydrogen-bond donors (Lipinski definition) is 1. The van der Waals surface area contributed by atoms with Crippen molar-refractivity contribution >= 4 is 0 Å². The summed E-state index contributed by atoms with van der Waals surface area (Å²) in [7, 11) is 0. The summed E-state index contributed by atoms with van der Waals surface area (Å²) in [6, 6.07) is 9.77. The van der Waals surface area contributed by atoms with Crippen LogP contribution in [-0.4, -0.2) is 23.1 Å². The molecule has 0 saturated heterocycles. The Hall–Kier alpha value is -1.28. The molecule has 2 nitrogen and oxygen atoms in total. The first-order valence-electron chi connectivity index (χ1n) is 5.91. The van der Waals surface area contributed by atoms with Crippen molar-refractivity contribution in [1.82, 2.24) is 4.90 Å². The van der Waals surface area contributed by atoms with E-state index in [1.54, 1.807) is 0 Å². The van der Waals surface area contributed by atoms with E-state index in [1.807, 2.05) is 36.4 Å². The largest absolute Gasteiger partial charge is 0.388 e. The second-order valence-corrected chi connectivity index (χ2v) is 3.77. The Morgan fingerprint density at radius 3 is 2.38 bits per heavy atom. The second-order valence-electron chi connectivity index (χ2n) is 3.77. The van der Waals surface area contributed by atoms with Crippen LogP contribution in [0.25, 0.3) is 0 Å². The van der Waals surface area contributed by atoms with Gasteiger partial charge in [0.25, 0.3) is 0 Å². The van der Waals surface area contributed by atoms with Gasteiger partial charge in [-0.2, -0.15) is 0 Å². The first-order chi connectivity index (χ1) is 7.77. The van der Waals surface area contributed by atoms with Crippen molar-refractivity contribution in [3.63, 3.8) is 0 Å². The number of nitrogens with zero attached hydrogens (tertiary/aromatic N) is 1. The summed E-state index contributed by atoms with van der Waals surface area (Å²) in [6.07, 6.45) is 4.37. The number of rotatable bonds is 6. The Labute approximate surface area is 98.2 Å². The van der Waals surface area contributed by atoms with Crippen LogP contribution in [0.4, 0.5) is 0 Å². The zero-order chi connectivity index (χ0) is 11.8. The first kappa shape index (κ1) is 12.8. The summed E-state index contributed by atoms with van der Waals surface area (Å²) < 4.78 is 0. The smallest absolute Gasteiger partial charge is 0.0825 e. The van der Waals surface area contributed by atoms with Crippen molar-refractivity contribution in [2.75, 3.05) is 13.1 Å². The van der Waals surface area contributed by atoms with Crippen LogP contribution in [0.1, 0.15) is 31.9 Å². The minimum Gasteiger partial charge on any atom is -0.388 e. The Balaban J connectivity index is 2.44. The van der Waals surface area contributed by atoms with Gasteiger partial charge in [-0.15, -0.1) is 0 Å². The van der Waals surface area contributed by atoms with Gasteiger partial charge in [-0.05, 0) is 32.0 Å². The van der Waals surface area contributed by atoms with Crippen LogP contribution in [0.3, 0.4) is 0 Å². The minimum absolute atomic E-state index is 0.395. The minimum atomic E-state index is -0.395. The lowest BCUT2D eigenvalue weighted by atomic mass is 10.1. The van der Waals surface area contributed by atoms with E-state index in [0.29, 0.717) is 6.42 Å². The molecule has 0 fully saturated rings. The van der Waals surface area contributed by atoms with Gasteiger partial charge in [0, 0.05) is 13.1 Å². The fraction of sp³-hybridized carbons (Fsp3) is 0.429. The number of aliphatic hydroxyl groups excluding tert-OH is 1. The lowest BCUT2D eigenvalue weighted by molar-refractivity contribution is 0.181. The summed E-state index contributed by atoms with van der Waals surface area (Å²) in [5.41, 5.74) is 0.978. The van der Waals surface area contributed by atoms with Crippen molar-refractivity contribution in [3.05, 3.63) is 48.2 Å². The van der Waals surface area contributed by atoms with Crippen LogP contribution in [0.2, 0.25) is 0 Å². The predicted octanol–water partition coefficient (Wildman–Crippen LogP) is 2.97. The monoisotopic (exact) mass is 219 g/mol. The van der Waals surface area contributed by atoms with E-state index in [0.717, 1.165) is 18.7 Å². The highest BCUT2D eigenvalue weighted by molar-refractivity contribution is 5.17. The van der Waals surface area contributed by atoms with Crippen LogP contribution in [0, 0.1) is 0 Å². The van der Waals surface area contributed by atoms with E-state index in [9.17, 15) is 5.11 Å². The maximum Gasteiger partial charge on any atom is 0.0825 e. The molecule has 0 saturated carbocycles. The van der Waals surface area contributed by atoms with Crippen molar-refractivity contribution < 1.29 is 5.11 Å². The van der Waals surface area contributed by atoms with Crippen LogP contribution in [0.5, 0.6) is 0 Å². The molecule has 0 radical (unpaired) electrons. The van der Waals surface area contributed by atoms with E-state index in [4.69, 9.17) is 0 Å². The number of hydrogen-bond acceptors (Lipinski definition) is 2. The van der Waals surface area contributed by atoms with Gasteiger partial charge in [-0.3, -0.25) is 0 Å². The van der Waals surface area contributed by atoms with E-state index in [1.165, 1.54) is 0 Å². The molecule has 16 heavy (non-hydrogen) atoms. The van der Waals surface area contributed by atoms with E-state index < -0.39 is 6.10 Å². The molecule has 1 rings (SSSR count). The Morgan fingerprint density at radius 2 is 1.81 bits per heavy atom. The van der Waals surface area contributed by atoms with E-state index in [-0.39, 0.29) is 0 Å². The van der Waals surface area contributed by atoms with Crippen LogP contribution < -0.4 is 0 Å². The van der Waals surface area contributed by atoms with Crippen molar-refractivity contribution in [3.8, 4) is 0 Å². The van der Waals surface area contributed by atoms with Gasteiger partial charge in [0.15, 0.2) is 0 Å². The van der Waals surface area contributed by atoms with Crippen molar-refractivity contribution in [1.29, 1.82) is 0 Å². The highest BCUT2D eigenvalue weighted by atomic mass is 16.3. The van der Waals surface area contributed by atoms with E-state index in [2.05, 4.69) is 24.9 Å². The molecular weight excluding hydrogens is 198 g/mol. The zero-order valence-electron chi connectivity index (χ0n) is 10.1. The molecule has 1 aromatic rings. The molecule has 0 spiro atoms. The molecule has 0 bridgehead atoms. The highest BCUT2D eigenvalue weighted by Crippen LogP contribution is 2.16. The molecule has 1 aromatic carbocycles. The third kappa shape index (κ3) is 4.07. The van der Waals surface area contributed by atoms with Gasteiger partial charge >= 0.3 is 0 Å². The molecule has 88 valence electrons. The zero-order valence-corrected chi connectivity index (χ0v) is 10.1. The molecular formula is C14H21NO. The van der Waals surface area contributed by atoms with Gasteiger partial charge in [0.2, 0.25) is 0 Å². The molecule has 0 aromatic heterocycles. The summed E-state index contributed by atoms with van der Waals surface area (Å²) in [4.78, 5) is 2.21. The van der Waals surface area contributed by atoms with Crippen LogP contribution in [-0.2, 0) is 0 Å². The van der Waals surface area contributed by atoms with Crippen molar-refractivity contribution in [2.24, 2.45) is 0 Å². The molecule has 1 N–H and O–H groups in total. The topological polar surface area (TPSA) is 23.5 Å². The quantitative estimate of drug-likeness (QED) is 0.795. The first-order valence-corrected chi connectivity index (χ1v) is 5.91. The Morgan fingerprint density at radius 1 is 1.19 bits per heavy atom. The van der Waals surface area contributed by atoms with Gasteiger partial charge in [0.1, 0.15) is 0 Å². The molecule has 0 amide bonds. The highest BCUT2D eigenvalue weighted by Gasteiger charge is 2.03. The fourth-order valence-electron chi connectivity index (χ4n) is 1.58. The molecule has 0 aliphatic carbocycles. The number of benzene rings is 1. The average Bonchev–Trinajstić information content (AvgIpc) is 2.35. The van der Waals surface area contributed by atoms with Gasteiger partial charge in [-0.1, -0.05) is 36.4 Å². The average molecular weight is 219 g/mol. The fourth-order valence-corrected chi connectivity index (χ4v) is 1.58. The van der Waals surface area contributed by atoms with Gasteiger partial charge in [-0.25, -0.2) is 0 Å². The lowest BCUT2D eigenvalue weighted by Gasteiger charge is -2.15. The Kier molecular flexibility index (Phi) is 5.65. The molecule has 2 heteroatoms.